The minimum Gasteiger partial charge on any atom is -0.339 e. The van der Waals surface area contributed by atoms with Gasteiger partial charge in [-0.15, -0.1) is 0 Å². The van der Waals surface area contributed by atoms with Gasteiger partial charge in [0, 0.05) is 24.0 Å². The van der Waals surface area contributed by atoms with Crippen molar-refractivity contribution in [3.63, 3.8) is 0 Å². The van der Waals surface area contributed by atoms with Crippen LogP contribution in [0.25, 0.3) is 0 Å². The van der Waals surface area contributed by atoms with E-state index in [9.17, 15) is 0 Å². The van der Waals surface area contributed by atoms with Crippen LogP contribution < -0.4 is 0 Å². The molecule has 0 saturated carbocycles. The van der Waals surface area contributed by atoms with E-state index in [-0.39, 0.29) is 0 Å². The molecule has 0 aliphatic rings. The van der Waals surface area contributed by atoms with E-state index in [0.717, 1.165) is 11.9 Å². The van der Waals surface area contributed by atoms with E-state index < -0.39 is 0 Å². The summed E-state index contributed by atoms with van der Waals surface area (Å²) in [7, 11) is 0. The fourth-order valence-corrected chi connectivity index (χ4v) is 2.46. The molecular weight excluding hydrogens is 276 g/mol. The fourth-order valence-electron chi connectivity index (χ4n) is 1.88. The molecular formula is C14H13BrN2. The first-order valence-corrected chi connectivity index (χ1v) is 6.63. The van der Waals surface area contributed by atoms with Gasteiger partial charge in [-0.3, -0.25) is 0 Å². The Morgan fingerprint density at radius 3 is 2.59 bits per heavy atom. The van der Waals surface area contributed by atoms with Gasteiger partial charge in [-0.1, -0.05) is 46.3 Å². The highest BCUT2D eigenvalue weighted by Gasteiger charge is 2.11. The lowest BCUT2D eigenvalue weighted by Gasteiger charge is -2.16. The van der Waals surface area contributed by atoms with E-state index in [1.165, 1.54) is 5.56 Å². The van der Waals surface area contributed by atoms with Gasteiger partial charge in [0.05, 0.1) is 0 Å². The smallest absolute Gasteiger partial charge is 0.120 e. The number of nitrogens with zero attached hydrogens (tertiary/aromatic N) is 2. The van der Waals surface area contributed by atoms with Crippen molar-refractivity contribution >= 4 is 15.9 Å². The highest BCUT2D eigenvalue weighted by molar-refractivity contribution is 9.09. The van der Waals surface area contributed by atoms with Gasteiger partial charge >= 0.3 is 0 Å². The highest BCUT2D eigenvalue weighted by atomic mass is 79.9. The molecule has 0 aliphatic carbocycles. The second-order valence-corrected chi connectivity index (χ2v) is 4.57. The van der Waals surface area contributed by atoms with E-state index in [1.807, 2.05) is 41.1 Å². The molecule has 1 aromatic carbocycles. The SMILES string of the molecule is N#Cc1cccn1CC(CBr)c1ccccc1. The lowest BCUT2D eigenvalue weighted by molar-refractivity contribution is 0.604. The van der Waals surface area contributed by atoms with Gasteiger partial charge in [0.25, 0.3) is 0 Å². The summed E-state index contributed by atoms with van der Waals surface area (Å²) in [6.07, 6.45) is 1.96. The third-order valence-corrected chi connectivity index (χ3v) is 3.60. The first-order valence-electron chi connectivity index (χ1n) is 5.51. The molecule has 86 valence electrons. The molecule has 0 fully saturated rings. The number of rotatable bonds is 4. The largest absolute Gasteiger partial charge is 0.339 e. The van der Waals surface area contributed by atoms with Crippen LogP contribution in [0.2, 0.25) is 0 Å². The number of halogens is 1. The maximum Gasteiger partial charge on any atom is 0.120 e. The number of hydrogen-bond acceptors (Lipinski definition) is 1. The van der Waals surface area contributed by atoms with Gasteiger partial charge in [-0.05, 0) is 17.7 Å². The molecule has 17 heavy (non-hydrogen) atoms. The Kier molecular flexibility index (Phi) is 4.00. The van der Waals surface area contributed by atoms with Crippen LogP contribution in [-0.4, -0.2) is 9.90 Å². The zero-order valence-electron chi connectivity index (χ0n) is 9.38. The summed E-state index contributed by atoms with van der Waals surface area (Å²) in [5.74, 6) is 0.385. The lowest BCUT2D eigenvalue weighted by Crippen LogP contribution is -2.11. The first-order chi connectivity index (χ1) is 8.35. The number of hydrogen-bond donors (Lipinski definition) is 0. The van der Waals surface area contributed by atoms with Crippen molar-refractivity contribution < 1.29 is 0 Å². The second kappa shape index (κ2) is 5.70. The molecule has 0 N–H and O–H groups in total. The first kappa shape index (κ1) is 11.9. The molecule has 1 unspecified atom stereocenters. The third kappa shape index (κ3) is 2.78. The topological polar surface area (TPSA) is 28.7 Å². The molecule has 1 aromatic heterocycles. The third-order valence-electron chi connectivity index (χ3n) is 2.82. The number of alkyl halides is 1. The average Bonchev–Trinajstić information content (AvgIpc) is 2.84. The van der Waals surface area contributed by atoms with Gasteiger partial charge in [0.15, 0.2) is 0 Å². The maximum atomic E-state index is 8.98. The molecule has 1 heterocycles. The second-order valence-electron chi connectivity index (χ2n) is 3.92. The fraction of sp³-hybridized carbons (Fsp3) is 0.214. The average molecular weight is 289 g/mol. The van der Waals surface area contributed by atoms with Crippen LogP contribution in [0.4, 0.5) is 0 Å². The predicted molar refractivity (Wildman–Crippen MR) is 72.1 cm³/mol. The minimum atomic E-state index is 0.385. The summed E-state index contributed by atoms with van der Waals surface area (Å²) in [6, 6.07) is 16.3. The van der Waals surface area contributed by atoms with Crippen LogP contribution in [0.15, 0.2) is 48.7 Å². The Bertz CT molecular complexity index is 511. The van der Waals surface area contributed by atoms with E-state index in [4.69, 9.17) is 5.26 Å². The van der Waals surface area contributed by atoms with Crippen molar-refractivity contribution in [2.45, 2.75) is 12.5 Å². The molecule has 0 aliphatic heterocycles. The molecule has 2 aromatic rings. The number of aromatic nitrogens is 1. The van der Waals surface area contributed by atoms with Crippen LogP contribution in [0.3, 0.4) is 0 Å². The van der Waals surface area contributed by atoms with E-state index in [2.05, 4.69) is 34.1 Å². The van der Waals surface area contributed by atoms with Gasteiger partial charge in [0.2, 0.25) is 0 Å². The summed E-state index contributed by atoms with van der Waals surface area (Å²) >= 11 is 3.55. The minimum absolute atomic E-state index is 0.385. The Hall–Kier alpha value is -1.53. The molecule has 1 atom stereocenters. The van der Waals surface area contributed by atoms with Crippen LogP contribution >= 0.6 is 15.9 Å². The summed E-state index contributed by atoms with van der Waals surface area (Å²) in [5, 5.41) is 9.87. The van der Waals surface area contributed by atoms with Crippen molar-refractivity contribution in [1.82, 2.24) is 4.57 Å². The molecule has 0 amide bonds. The molecule has 0 bridgehead atoms. The zero-order chi connectivity index (χ0) is 12.1. The number of nitriles is 1. The molecule has 2 rings (SSSR count). The van der Waals surface area contributed by atoms with Crippen LogP contribution in [0, 0.1) is 11.3 Å². The lowest BCUT2D eigenvalue weighted by atomic mass is 10.0. The standard InChI is InChI=1S/C14H13BrN2/c15-9-13(12-5-2-1-3-6-12)11-17-8-4-7-14(17)10-16/h1-8,13H,9,11H2. The van der Waals surface area contributed by atoms with Gasteiger partial charge in [0.1, 0.15) is 11.8 Å². The van der Waals surface area contributed by atoms with Crippen molar-refractivity contribution in [3.8, 4) is 6.07 Å². The quantitative estimate of drug-likeness (QED) is 0.791. The normalized spacial score (nSPS) is 12.0. The van der Waals surface area contributed by atoms with E-state index >= 15 is 0 Å². The molecule has 2 nitrogen and oxygen atoms in total. The van der Waals surface area contributed by atoms with Crippen LogP contribution in [0.5, 0.6) is 0 Å². The molecule has 0 radical (unpaired) electrons. The number of benzene rings is 1. The van der Waals surface area contributed by atoms with E-state index in [0.29, 0.717) is 11.6 Å². The summed E-state index contributed by atoms with van der Waals surface area (Å²) in [4.78, 5) is 0. The zero-order valence-corrected chi connectivity index (χ0v) is 11.0. The molecule has 0 spiro atoms. The summed E-state index contributed by atoms with van der Waals surface area (Å²) in [6.45, 7) is 0.825. The van der Waals surface area contributed by atoms with Gasteiger partial charge < -0.3 is 4.57 Å². The van der Waals surface area contributed by atoms with Crippen molar-refractivity contribution in [2.24, 2.45) is 0 Å². The Balaban J connectivity index is 2.19. The monoisotopic (exact) mass is 288 g/mol. The maximum absolute atomic E-state index is 8.98. The van der Waals surface area contributed by atoms with Crippen molar-refractivity contribution in [1.29, 1.82) is 5.26 Å². The Labute approximate surface area is 110 Å². The Morgan fingerprint density at radius 1 is 1.18 bits per heavy atom. The van der Waals surface area contributed by atoms with Gasteiger partial charge in [-0.25, -0.2) is 0 Å². The van der Waals surface area contributed by atoms with E-state index in [1.54, 1.807) is 0 Å². The summed E-state index contributed by atoms with van der Waals surface area (Å²) < 4.78 is 2.00. The van der Waals surface area contributed by atoms with Crippen LogP contribution in [-0.2, 0) is 6.54 Å². The highest BCUT2D eigenvalue weighted by Crippen LogP contribution is 2.21. The summed E-state index contributed by atoms with van der Waals surface area (Å²) in [5.41, 5.74) is 2.01. The Morgan fingerprint density at radius 2 is 1.94 bits per heavy atom. The molecule has 3 heteroatoms. The van der Waals surface area contributed by atoms with Crippen molar-refractivity contribution in [3.05, 3.63) is 59.9 Å². The molecule has 0 saturated heterocycles. The van der Waals surface area contributed by atoms with Gasteiger partial charge in [-0.2, -0.15) is 5.26 Å². The van der Waals surface area contributed by atoms with Crippen LogP contribution in [0.1, 0.15) is 17.2 Å². The van der Waals surface area contributed by atoms with Crippen molar-refractivity contribution in [2.75, 3.05) is 5.33 Å². The predicted octanol–water partition coefficient (Wildman–Crippen LogP) is 3.54.